The summed E-state index contributed by atoms with van der Waals surface area (Å²) >= 11 is 0. The van der Waals surface area contributed by atoms with Crippen LogP contribution < -0.4 is 10.4 Å². The molecule has 0 aliphatic heterocycles. The quantitative estimate of drug-likeness (QED) is 0.645. The van der Waals surface area contributed by atoms with Gasteiger partial charge in [-0.2, -0.15) is 0 Å². The smallest absolute Gasteiger partial charge is 0.0969 e. The molecule has 1 heteroatoms. The first-order valence-corrected chi connectivity index (χ1v) is 4.67. The SMILES string of the molecule is C/C=c1/cccc/c1=C(/C)O.CC. The Morgan fingerprint density at radius 2 is 1.77 bits per heavy atom. The maximum absolute atomic E-state index is 9.23. The van der Waals surface area contributed by atoms with Gasteiger partial charge in [0.05, 0.1) is 5.76 Å². The summed E-state index contributed by atoms with van der Waals surface area (Å²) in [5.74, 6) is 0.374. The van der Waals surface area contributed by atoms with Crippen molar-refractivity contribution in [2.75, 3.05) is 0 Å². The molecule has 0 amide bonds. The molecule has 0 aliphatic rings. The summed E-state index contributed by atoms with van der Waals surface area (Å²) in [5, 5.41) is 11.2. The molecule has 0 spiro atoms. The average molecular weight is 178 g/mol. The molecule has 0 aromatic heterocycles. The second kappa shape index (κ2) is 6.30. The molecule has 0 saturated heterocycles. The highest BCUT2D eigenvalue weighted by molar-refractivity contribution is 5.35. The largest absolute Gasteiger partial charge is 0.512 e. The Balaban J connectivity index is 0.000000671. The van der Waals surface area contributed by atoms with Crippen LogP contribution in [0.5, 0.6) is 0 Å². The molecular formula is C12H18O. The summed E-state index contributed by atoms with van der Waals surface area (Å²) in [6, 6.07) is 7.77. The van der Waals surface area contributed by atoms with E-state index in [1.807, 2.05) is 51.1 Å². The highest BCUT2D eigenvalue weighted by Gasteiger charge is 1.85. The third-order valence-corrected chi connectivity index (χ3v) is 1.66. The molecule has 1 nitrogen and oxygen atoms in total. The first-order valence-electron chi connectivity index (χ1n) is 4.67. The van der Waals surface area contributed by atoms with Gasteiger partial charge < -0.3 is 5.11 Å². The summed E-state index contributed by atoms with van der Waals surface area (Å²) < 4.78 is 0. The molecule has 0 radical (unpaired) electrons. The molecule has 1 aromatic rings. The molecule has 0 saturated carbocycles. The van der Waals surface area contributed by atoms with Crippen LogP contribution in [0.25, 0.3) is 11.8 Å². The molecule has 0 bridgehead atoms. The minimum absolute atomic E-state index is 0.374. The Hall–Kier alpha value is -1.24. The van der Waals surface area contributed by atoms with Crippen molar-refractivity contribution < 1.29 is 5.11 Å². The predicted molar refractivity (Wildman–Crippen MR) is 58.9 cm³/mol. The van der Waals surface area contributed by atoms with Crippen LogP contribution in [0.1, 0.15) is 27.7 Å². The zero-order chi connectivity index (χ0) is 10.3. The molecule has 0 heterocycles. The van der Waals surface area contributed by atoms with Gasteiger partial charge >= 0.3 is 0 Å². The van der Waals surface area contributed by atoms with Gasteiger partial charge in [-0.25, -0.2) is 0 Å². The van der Waals surface area contributed by atoms with E-state index in [-0.39, 0.29) is 0 Å². The average Bonchev–Trinajstić information content (AvgIpc) is 2.20. The number of hydrogen-bond donors (Lipinski definition) is 1. The van der Waals surface area contributed by atoms with Gasteiger partial charge in [-0.3, -0.25) is 0 Å². The molecule has 1 aromatic carbocycles. The van der Waals surface area contributed by atoms with Gasteiger partial charge in [0.1, 0.15) is 0 Å². The lowest BCUT2D eigenvalue weighted by Crippen LogP contribution is -2.25. The number of hydrogen-bond acceptors (Lipinski definition) is 1. The van der Waals surface area contributed by atoms with Crippen LogP contribution >= 0.6 is 0 Å². The van der Waals surface area contributed by atoms with Crippen molar-refractivity contribution in [2.45, 2.75) is 27.7 Å². The van der Waals surface area contributed by atoms with Gasteiger partial charge in [-0.1, -0.05) is 44.2 Å². The maximum Gasteiger partial charge on any atom is 0.0969 e. The summed E-state index contributed by atoms with van der Waals surface area (Å²) in [5.41, 5.74) is 0. The fourth-order valence-corrected chi connectivity index (χ4v) is 1.08. The lowest BCUT2D eigenvalue weighted by molar-refractivity contribution is 0.498. The van der Waals surface area contributed by atoms with E-state index in [4.69, 9.17) is 0 Å². The van der Waals surface area contributed by atoms with E-state index in [9.17, 15) is 5.11 Å². The van der Waals surface area contributed by atoms with Crippen LogP contribution in [0.4, 0.5) is 0 Å². The molecule has 1 rings (SSSR count). The van der Waals surface area contributed by atoms with Crippen LogP contribution in [-0.2, 0) is 0 Å². The van der Waals surface area contributed by atoms with Gasteiger partial charge in [0.25, 0.3) is 0 Å². The van der Waals surface area contributed by atoms with Crippen molar-refractivity contribution in [3.05, 3.63) is 34.7 Å². The third-order valence-electron chi connectivity index (χ3n) is 1.66. The Morgan fingerprint density at radius 3 is 2.15 bits per heavy atom. The van der Waals surface area contributed by atoms with Gasteiger partial charge in [-0.05, 0) is 19.1 Å². The lowest BCUT2D eigenvalue weighted by atomic mass is 10.2. The Bertz CT molecular complexity index is 346. The third kappa shape index (κ3) is 3.32. The van der Waals surface area contributed by atoms with E-state index >= 15 is 0 Å². The van der Waals surface area contributed by atoms with E-state index in [0.29, 0.717) is 5.76 Å². The molecule has 0 aliphatic carbocycles. The molecule has 0 fully saturated rings. The first-order chi connectivity index (χ1) is 6.25. The van der Waals surface area contributed by atoms with Crippen LogP contribution in [0, 0.1) is 0 Å². The second-order valence-electron chi connectivity index (χ2n) is 2.46. The topological polar surface area (TPSA) is 20.2 Å². The summed E-state index contributed by atoms with van der Waals surface area (Å²) in [7, 11) is 0. The number of aliphatic hydroxyl groups is 1. The van der Waals surface area contributed by atoms with E-state index in [1.165, 1.54) is 0 Å². The van der Waals surface area contributed by atoms with E-state index in [1.54, 1.807) is 6.92 Å². The number of aliphatic hydroxyl groups excluding tert-OH is 1. The van der Waals surface area contributed by atoms with Crippen LogP contribution in [0.2, 0.25) is 0 Å². The Kier molecular flexibility index (Phi) is 5.69. The highest BCUT2D eigenvalue weighted by atomic mass is 16.3. The van der Waals surface area contributed by atoms with Gasteiger partial charge in [-0.15, -0.1) is 0 Å². The van der Waals surface area contributed by atoms with Crippen molar-refractivity contribution in [3.8, 4) is 0 Å². The minimum Gasteiger partial charge on any atom is -0.512 e. The molecule has 0 atom stereocenters. The first kappa shape index (κ1) is 11.8. The predicted octanol–water partition coefficient (Wildman–Crippen LogP) is 2.20. The van der Waals surface area contributed by atoms with Crippen molar-refractivity contribution in [1.29, 1.82) is 0 Å². The van der Waals surface area contributed by atoms with E-state index in [2.05, 4.69) is 0 Å². The van der Waals surface area contributed by atoms with Gasteiger partial charge in [0.2, 0.25) is 0 Å². The number of benzene rings is 1. The zero-order valence-electron chi connectivity index (χ0n) is 8.83. The lowest BCUT2D eigenvalue weighted by Gasteiger charge is -1.90. The normalized spacial score (nSPS) is 13.1. The maximum atomic E-state index is 9.23. The molecule has 1 N–H and O–H groups in total. The van der Waals surface area contributed by atoms with Gasteiger partial charge in [0, 0.05) is 5.22 Å². The zero-order valence-corrected chi connectivity index (χ0v) is 8.83. The molecule has 13 heavy (non-hydrogen) atoms. The minimum atomic E-state index is 0.374. The fourth-order valence-electron chi connectivity index (χ4n) is 1.08. The fraction of sp³-hybridized carbons (Fsp3) is 0.333. The van der Waals surface area contributed by atoms with Crippen LogP contribution in [0.15, 0.2) is 24.3 Å². The van der Waals surface area contributed by atoms with Crippen molar-refractivity contribution in [3.63, 3.8) is 0 Å². The van der Waals surface area contributed by atoms with Crippen molar-refractivity contribution >= 4 is 11.8 Å². The monoisotopic (exact) mass is 178 g/mol. The highest BCUT2D eigenvalue weighted by Crippen LogP contribution is 1.78. The van der Waals surface area contributed by atoms with Crippen LogP contribution in [-0.4, -0.2) is 5.11 Å². The molecule has 72 valence electrons. The number of rotatable bonds is 0. The van der Waals surface area contributed by atoms with Crippen molar-refractivity contribution in [1.82, 2.24) is 0 Å². The van der Waals surface area contributed by atoms with Crippen LogP contribution in [0.3, 0.4) is 0 Å². The molecular weight excluding hydrogens is 160 g/mol. The van der Waals surface area contributed by atoms with E-state index < -0.39 is 0 Å². The van der Waals surface area contributed by atoms with Gasteiger partial charge in [0.15, 0.2) is 0 Å². The van der Waals surface area contributed by atoms with Crippen molar-refractivity contribution in [2.24, 2.45) is 0 Å². The summed E-state index contributed by atoms with van der Waals surface area (Å²) in [6.07, 6.45) is 1.98. The Morgan fingerprint density at radius 1 is 1.23 bits per heavy atom. The Labute approximate surface area is 80.0 Å². The standard InChI is InChI=1S/C10H12O.C2H6/c1-3-9-6-4-5-7-10(9)8(2)11;1-2/h3-7,11H,1-2H3;1-2H3/b9-3-,10-8+;. The summed E-state index contributed by atoms with van der Waals surface area (Å²) in [6.45, 7) is 7.66. The summed E-state index contributed by atoms with van der Waals surface area (Å²) in [4.78, 5) is 0. The molecule has 0 unspecified atom stereocenters. The second-order valence-corrected chi connectivity index (χ2v) is 2.46. The van der Waals surface area contributed by atoms with E-state index in [0.717, 1.165) is 10.4 Å².